The summed E-state index contributed by atoms with van der Waals surface area (Å²) in [5, 5.41) is 20.4. The summed E-state index contributed by atoms with van der Waals surface area (Å²) in [7, 11) is 0. The number of nitriles is 1. The lowest BCUT2D eigenvalue weighted by Crippen LogP contribution is -2.45. The molecule has 0 aliphatic rings. The van der Waals surface area contributed by atoms with Crippen LogP contribution in [0.5, 0.6) is 0 Å². The van der Waals surface area contributed by atoms with Gasteiger partial charge in [-0.1, -0.05) is 12.1 Å². The van der Waals surface area contributed by atoms with Crippen molar-refractivity contribution in [2.24, 2.45) is 0 Å². The first kappa shape index (κ1) is 13.9. The van der Waals surface area contributed by atoms with Crippen molar-refractivity contribution in [1.82, 2.24) is 5.32 Å². The maximum Gasteiger partial charge on any atom is 0.244 e. The molecule has 94 valence electrons. The molecule has 1 aromatic rings. The van der Waals surface area contributed by atoms with E-state index in [4.69, 9.17) is 10.4 Å². The second kappa shape index (κ2) is 5.99. The number of hydrogen-bond acceptors (Lipinski definition) is 3. The van der Waals surface area contributed by atoms with E-state index in [1.807, 2.05) is 12.1 Å². The van der Waals surface area contributed by atoms with E-state index in [1.165, 1.54) is 6.08 Å². The summed E-state index contributed by atoms with van der Waals surface area (Å²) < 4.78 is 0. The molecule has 0 heterocycles. The van der Waals surface area contributed by atoms with Gasteiger partial charge in [0.25, 0.3) is 0 Å². The molecule has 0 atom stereocenters. The molecule has 4 heteroatoms. The minimum atomic E-state index is -0.643. The standard InChI is InChI=1S/C14H16N2O2/c1-14(2,10-17)16-13(18)7-6-11-4-3-5-12(8-11)9-15/h3-8,17H,10H2,1-2H3,(H,16,18)/b7-6+. The molecule has 4 nitrogen and oxygen atoms in total. The van der Waals surface area contributed by atoms with Crippen molar-refractivity contribution in [3.05, 3.63) is 41.5 Å². The Morgan fingerprint density at radius 1 is 1.56 bits per heavy atom. The monoisotopic (exact) mass is 244 g/mol. The van der Waals surface area contributed by atoms with E-state index in [9.17, 15) is 4.79 Å². The van der Waals surface area contributed by atoms with Crippen LogP contribution in [-0.2, 0) is 4.79 Å². The highest BCUT2D eigenvalue weighted by molar-refractivity contribution is 5.92. The molecule has 1 rings (SSSR count). The van der Waals surface area contributed by atoms with Crippen LogP contribution in [0.1, 0.15) is 25.0 Å². The van der Waals surface area contributed by atoms with Crippen LogP contribution in [0.2, 0.25) is 0 Å². The lowest BCUT2D eigenvalue weighted by atomic mass is 10.1. The van der Waals surface area contributed by atoms with Crippen LogP contribution in [0.25, 0.3) is 6.08 Å². The van der Waals surface area contributed by atoms with Crippen molar-refractivity contribution < 1.29 is 9.90 Å². The average molecular weight is 244 g/mol. The third-order valence-corrected chi connectivity index (χ3v) is 2.30. The lowest BCUT2D eigenvalue weighted by molar-refractivity contribution is -0.118. The zero-order valence-corrected chi connectivity index (χ0v) is 10.5. The number of hydrogen-bond donors (Lipinski definition) is 2. The predicted molar refractivity (Wildman–Crippen MR) is 69.5 cm³/mol. The summed E-state index contributed by atoms with van der Waals surface area (Å²) in [5.41, 5.74) is 0.690. The molecule has 0 saturated heterocycles. The van der Waals surface area contributed by atoms with E-state index in [0.29, 0.717) is 5.56 Å². The number of benzene rings is 1. The second-order valence-corrected chi connectivity index (χ2v) is 4.60. The second-order valence-electron chi connectivity index (χ2n) is 4.60. The largest absolute Gasteiger partial charge is 0.394 e. The van der Waals surface area contributed by atoms with Gasteiger partial charge in [0.15, 0.2) is 0 Å². The Kier molecular flexibility index (Phi) is 4.64. The molecule has 0 spiro atoms. The third-order valence-electron chi connectivity index (χ3n) is 2.30. The Morgan fingerprint density at radius 2 is 2.28 bits per heavy atom. The topological polar surface area (TPSA) is 73.1 Å². The lowest BCUT2D eigenvalue weighted by Gasteiger charge is -2.22. The molecule has 0 saturated carbocycles. The molecule has 0 radical (unpaired) electrons. The fourth-order valence-corrected chi connectivity index (χ4v) is 1.30. The highest BCUT2D eigenvalue weighted by atomic mass is 16.3. The van der Waals surface area contributed by atoms with Crippen LogP contribution in [0.3, 0.4) is 0 Å². The van der Waals surface area contributed by atoms with Crippen molar-refractivity contribution in [3.8, 4) is 6.07 Å². The van der Waals surface area contributed by atoms with Gasteiger partial charge in [0, 0.05) is 6.08 Å². The Labute approximate surface area is 107 Å². The number of aliphatic hydroxyl groups excluding tert-OH is 1. The van der Waals surface area contributed by atoms with Crippen molar-refractivity contribution >= 4 is 12.0 Å². The zero-order valence-electron chi connectivity index (χ0n) is 10.5. The molecule has 0 aromatic heterocycles. The number of amides is 1. The molecule has 18 heavy (non-hydrogen) atoms. The maximum absolute atomic E-state index is 11.6. The van der Waals surface area contributed by atoms with E-state index in [2.05, 4.69) is 5.32 Å². The molecule has 0 bridgehead atoms. The molecular formula is C14H16N2O2. The molecular weight excluding hydrogens is 228 g/mol. The first-order valence-electron chi connectivity index (χ1n) is 5.58. The fraction of sp³-hybridized carbons (Fsp3) is 0.286. The van der Waals surface area contributed by atoms with Gasteiger partial charge in [0.1, 0.15) is 0 Å². The normalized spacial score (nSPS) is 11.2. The number of rotatable bonds is 4. The molecule has 1 amide bonds. The van der Waals surface area contributed by atoms with Crippen molar-refractivity contribution in [1.29, 1.82) is 5.26 Å². The van der Waals surface area contributed by atoms with Crippen LogP contribution >= 0.6 is 0 Å². The summed E-state index contributed by atoms with van der Waals surface area (Å²) in [6.45, 7) is 3.33. The van der Waals surface area contributed by atoms with Gasteiger partial charge in [-0.15, -0.1) is 0 Å². The van der Waals surface area contributed by atoms with E-state index in [-0.39, 0.29) is 12.5 Å². The van der Waals surface area contributed by atoms with Gasteiger partial charge in [0.2, 0.25) is 5.91 Å². The van der Waals surface area contributed by atoms with E-state index < -0.39 is 5.54 Å². The van der Waals surface area contributed by atoms with Gasteiger partial charge in [-0.05, 0) is 37.6 Å². The van der Waals surface area contributed by atoms with Crippen molar-refractivity contribution in [2.75, 3.05) is 6.61 Å². The average Bonchev–Trinajstić information content (AvgIpc) is 2.36. The molecule has 0 aliphatic heterocycles. The van der Waals surface area contributed by atoms with Gasteiger partial charge in [-0.25, -0.2) is 0 Å². The summed E-state index contributed by atoms with van der Waals surface area (Å²) >= 11 is 0. The number of carbonyl (C=O) groups excluding carboxylic acids is 1. The predicted octanol–water partition coefficient (Wildman–Crippen LogP) is 1.46. The van der Waals surface area contributed by atoms with E-state index in [0.717, 1.165) is 5.56 Å². The Balaban J connectivity index is 2.69. The van der Waals surface area contributed by atoms with Crippen molar-refractivity contribution in [3.63, 3.8) is 0 Å². The SMILES string of the molecule is CC(C)(CO)NC(=O)/C=C/c1cccc(C#N)c1. The molecule has 0 unspecified atom stereocenters. The summed E-state index contributed by atoms with van der Waals surface area (Å²) in [6, 6.07) is 9.00. The van der Waals surface area contributed by atoms with Crippen LogP contribution in [0.15, 0.2) is 30.3 Å². The van der Waals surface area contributed by atoms with Gasteiger partial charge in [0.05, 0.1) is 23.8 Å². The number of nitrogens with one attached hydrogen (secondary N) is 1. The third kappa shape index (κ3) is 4.40. The highest BCUT2D eigenvalue weighted by Gasteiger charge is 2.17. The van der Waals surface area contributed by atoms with E-state index >= 15 is 0 Å². The molecule has 0 aliphatic carbocycles. The first-order valence-corrected chi connectivity index (χ1v) is 5.58. The summed E-state index contributed by atoms with van der Waals surface area (Å²) in [6.07, 6.45) is 3.01. The minimum absolute atomic E-state index is 0.128. The van der Waals surface area contributed by atoms with Crippen LogP contribution in [0, 0.1) is 11.3 Å². The minimum Gasteiger partial charge on any atom is -0.394 e. The first-order chi connectivity index (χ1) is 8.46. The number of aliphatic hydroxyl groups is 1. The Bertz CT molecular complexity index is 499. The molecule has 0 fully saturated rings. The van der Waals surface area contributed by atoms with Gasteiger partial charge >= 0.3 is 0 Å². The summed E-state index contributed by atoms with van der Waals surface area (Å²) in [4.78, 5) is 11.6. The maximum atomic E-state index is 11.6. The van der Waals surface area contributed by atoms with Crippen LogP contribution < -0.4 is 5.32 Å². The smallest absolute Gasteiger partial charge is 0.244 e. The Hall–Kier alpha value is -2.12. The highest BCUT2D eigenvalue weighted by Crippen LogP contribution is 2.06. The Morgan fingerprint density at radius 3 is 2.89 bits per heavy atom. The number of nitrogens with zero attached hydrogens (tertiary/aromatic N) is 1. The number of carbonyl (C=O) groups is 1. The summed E-state index contributed by atoms with van der Waals surface area (Å²) in [5.74, 6) is -0.281. The van der Waals surface area contributed by atoms with Crippen LogP contribution in [0.4, 0.5) is 0 Å². The van der Waals surface area contributed by atoms with Gasteiger partial charge in [-0.2, -0.15) is 5.26 Å². The fourth-order valence-electron chi connectivity index (χ4n) is 1.30. The molecule has 1 aromatic carbocycles. The van der Waals surface area contributed by atoms with E-state index in [1.54, 1.807) is 38.1 Å². The van der Waals surface area contributed by atoms with Gasteiger partial charge < -0.3 is 10.4 Å². The zero-order chi connectivity index (χ0) is 13.6. The van der Waals surface area contributed by atoms with Crippen LogP contribution in [-0.4, -0.2) is 23.2 Å². The molecule has 2 N–H and O–H groups in total. The van der Waals surface area contributed by atoms with Crippen molar-refractivity contribution in [2.45, 2.75) is 19.4 Å². The quantitative estimate of drug-likeness (QED) is 0.787. The van der Waals surface area contributed by atoms with Gasteiger partial charge in [-0.3, -0.25) is 4.79 Å².